The molecular formula is C17H20ClNOS. The first-order valence-corrected chi connectivity index (χ1v) is 8.94. The molecule has 112 valence electrons. The van der Waals surface area contributed by atoms with Crippen LogP contribution >= 0.6 is 11.6 Å². The van der Waals surface area contributed by atoms with Crippen molar-refractivity contribution in [3.8, 4) is 0 Å². The molecule has 0 aliphatic rings. The van der Waals surface area contributed by atoms with Gasteiger partial charge in [-0.1, -0.05) is 41.4 Å². The third-order valence-electron chi connectivity index (χ3n) is 3.37. The first-order valence-electron chi connectivity index (χ1n) is 6.84. The maximum atomic E-state index is 11.3. The lowest BCUT2D eigenvalue weighted by Gasteiger charge is -2.12. The Labute approximate surface area is 134 Å². The molecule has 2 nitrogen and oxygen atoms in total. The fraction of sp³-hybridized carbons (Fsp3) is 0.294. The number of anilines is 1. The summed E-state index contributed by atoms with van der Waals surface area (Å²) in [6.07, 6.45) is 1.71. The Balaban J connectivity index is 2.13. The smallest absolute Gasteiger partial charge is 0.0637 e. The molecule has 2 rings (SSSR count). The standard InChI is InChI=1S/C17H20ClNOS/c1-12-4-6-15(13(2)8-12)10-19-17-9-14(11-21(3)20)5-7-16(17)18/h4-9,19H,10-11H2,1-3H3. The third-order valence-corrected chi connectivity index (χ3v) is 4.44. The van der Waals surface area contributed by atoms with Crippen LogP contribution in [0.2, 0.25) is 5.02 Å². The Hall–Kier alpha value is -1.32. The van der Waals surface area contributed by atoms with E-state index in [1.54, 1.807) is 6.26 Å². The molecule has 2 aromatic rings. The summed E-state index contributed by atoms with van der Waals surface area (Å²) < 4.78 is 11.3. The quantitative estimate of drug-likeness (QED) is 0.881. The van der Waals surface area contributed by atoms with Crippen LogP contribution in [-0.4, -0.2) is 10.5 Å². The summed E-state index contributed by atoms with van der Waals surface area (Å²) in [6.45, 7) is 4.93. The molecule has 0 radical (unpaired) electrons. The molecule has 0 spiro atoms. The molecule has 2 aromatic carbocycles. The van der Waals surface area contributed by atoms with Crippen LogP contribution in [0.25, 0.3) is 0 Å². The van der Waals surface area contributed by atoms with Gasteiger partial charge in [-0.3, -0.25) is 4.21 Å². The Morgan fingerprint density at radius 3 is 2.57 bits per heavy atom. The third kappa shape index (κ3) is 4.58. The molecule has 0 amide bonds. The van der Waals surface area contributed by atoms with Crippen LogP contribution in [-0.2, 0) is 23.1 Å². The lowest BCUT2D eigenvalue weighted by atomic mass is 10.1. The zero-order valence-corrected chi connectivity index (χ0v) is 14.1. The van der Waals surface area contributed by atoms with Crippen LogP contribution in [0.1, 0.15) is 22.3 Å². The summed E-state index contributed by atoms with van der Waals surface area (Å²) >= 11 is 6.23. The van der Waals surface area contributed by atoms with Gasteiger partial charge in [0.15, 0.2) is 0 Å². The molecule has 0 aliphatic heterocycles. The summed E-state index contributed by atoms with van der Waals surface area (Å²) in [7, 11) is -0.849. The van der Waals surface area contributed by atoms with Crippen molar-refractivity contribution < 1.29 is 4.21 Å². The zero-order chi connectivity index (χ0) is 15.4. The van der Waals surface area contributed by atoms with Gasteiger partial charge in [0.25, 0.3) is 0 Å². The van der Waals surface area contributed by atoms with Gasteiger partial charge >= 0.3 is 0 Å². The summed E-state index contributed by atoms with van der Waals surface area (Å²) in [5.74, 6) is 0.551. The second-order valence-electron chi connectivity index (χ2n) is 5.32. The van der Waals surface area contributed by atoms with Crippen LogP contribution in [0.4, 0.5) is 5.69 Å². The molecular weight excluding hydrogens is 302 g/mol. The molecule has 0 bridgehead atoms. The van der Waals surface area contributed by atoms with Crippen LogP contribution in [0, 0.1) is 13.8 Å². The van der Waals surface area contributed by atoms with Gasteiger partial charge < -0.3 is 5.32 Å². The van der Waals surface area contributed by atoms with Crippen molar-refractivity contribution in [1.29, 1.82) is 0 Å². The first kappa shape index (κ1) is 16.1. The Morgan fingerprint density at radius 1 is 1.14 bits per heavy atom. The molecule has 0 heterocycles. The van der Waals surface area contributed by atoms with Crippen molar-refractivity contribution in [2.75, 3.05) is 11.6 Å². The predicted molar refractivity (Wildman–Crippen MR) is 92.5 cm³/mol. The molecule has 1 unspecified atom stereocenters. The van der Waals surface area contributed by atoms with Gasteiger partial charge in [0.2, 0.25) is 0 Å². The molecule has 1 N–H and O–H groups in total. The monoisotopic (exact) mass is 321 g/mol. The molecule has 0 aliphatic carbocycles. The molecule has 4 heteroatoms. The Morgan fingerprint density at radius 2 is 1.90 bits per heavy atom. The van der Waals surface area contributed by atoms with Crippen molar-refractivity contribution in [1.82, 2.24) is 0 Å². The topological polar surface area (TPSA) is 29.1 Å². The average molecular weight is 322 g/mol. The minimum absolute atomic E-state index is 0.551. The molecule has 0 saturated heterocycles. The van der Waals surface area contributed by atoms with Crippen LogP contribution in [0.5, 0.6) is 0 Å². The minimum atomic E-state index is -0.849. The highest BCUT2D eigenvalue weighted by atomic mass is 35.5. The van der Waals surface area contributed by atoms with Crippen LogP contribution < -0.4 is 5.32 Å². The lowest BCUT2D eigenvalue weighted by molar-refractivity contribution is 0.686. The number of rotatable bonds is 5. The van der Waals surface area contributed by atoms with E-state index in [1.807, 2.05) is 18.2 Å². The first-order chi connectivity index (χ1) is 9.95. The summed E-state index contributed by atoms with van der Waals surface area (Å²) in [5.41, 5.74) is 5.70. The van der Waals surface area contributed by atoms with Gasteiger partial charge in [0, 0.05) is 29.4 Å². The predicted octanol–water partition coefficient (Wildman–Crippen LogP) is 4.45. The zero-order valence-electron chi connectivity index (χ0n) is 12.6. The van der Waals surface area contributed by atoms with E-state index in [4.69, 9.17) is 11.6 Å². The van der Waals surface area contributed by atoms with E-state index in [2.05, 4.69) is 37.4 Å². The van der Waals surface area contributed by atoms with Crippen LogP contribution in [0.15, 0.2) is 36.4 Å². The number of halogens is 1. The van der Waals surface area contributed by atoms with Crippen molar-refractivity contribution in [2.45, 2.75) is 26.1 Å². The molecule has 21 heavy (non-hydrogen) atoms. The molecule has 0 fully saturated rings. The number of hydrogen-bond donors (Lipinski definition) is 1. The van der Waals surface area contributed by atoms with Crippen molar-refractivity contribution in [3.63, 3.8) is 0 Å². The second kappa shape index (κ2) is 7.10. The van der Waals surface area contributed by atoms with Gasteiger partial charge in [0.1, 0.15) is 0 Å². The summed E-state index contributed by atoms with van der Waals surface area (Å²) in [4.78, 5) is 0. The largest absolute Gasteiger partial charge is 0.380 e. The van der Waals surface area contributed by atoms with Crippen LogP contribution in [0.3, 0.4) is 0 Å². The highest BCUT2D eigenvalue weighted by Crippen LogP contribution is 2.24. The fourth-order valence-corrected chi connectivity index (χ4v) is 3.10. The van der Waals surface area contributed by atoms with E-state index in [9.17, 15) is 4.21 Å². The van der Waals surface area contributed by atoms with Gasteiger partial charge in [-0.05, 0) is 42.7 Å². The second-order valence-corrected chi connectivity index (χ2v) is 7.16. The van der Waals surface area contributed by atoms with Gasteiger partial charge in [-0.15, -0.1) is 0 Å². The normalized spacial score (nSPS) is 12.2. The molecule has 0 saturated carbocycles. The van der Waals surface area contributed by atoms with E-state index in [1.165, 1.54) is 16.7 Å². The van der Waals surface area contributed by atoms with E-state index in [0.717, 1.165) is 17.8 Å². The number of benzene rings is 2. The maximum Gasteiger partial charge on any atom is 0.0637 e. The Bertz CT molecular complexity index is 670. The van der Waals surface area contributed by atoms with E-state index < -0.39 is 10.8 Å². The van der Waals surface area contributed by atoms with Gasteiger partial charge in [0.05, 0.1) is 10.7 Å². The number of aryl methyl sites for hydroxylation is 2. The molecule has 1 atom stereocenters. The van der Waals surface area contributed by atoms with E-state index >= 15 is 0 Å². The summed E-state index contributed by atoms with van der Waals surface area (Å²) in [5, 5.41) is 4.06. The highest BCUT2D eigenvalue weighted by molar-refractivity contribution is 7.83. The summed E-state index contributed by atoms with van der Waals surface area (Å²) in [6, 6.07) is 12.2. The van der Waals surface area contributed by atoms with Crippen molar-refractivity contribution >= 4 is 28.1 Å². The van der Waals surface area contributed by atoms with Gasteiger partial charge in [-0.25, -0.2) is 0 Å². The minimum Gasteiger partial charge on any atom is -0.380 e. The maximum absolute atomic E-state index is 11.3. The lowest BCUT2D eigenvalue weighted by Crippen LogP contribution is -2.03. The van der Waals surface area contributed by atoms with E-state index in [-0.39, 0.29) is 0 Å². The SMILES string of the molecule is Cc1ccc(CNc2cc(CS(C)=O)ccc2Cl)c(C)c1. The van der Waals surface area contributed by atoms with Gasteiger partial charge in [-0.2, -0.15) is 0 Å². The Kier molecular flexibility index (Phi) is 5.43. The molecule has 0 aromatic heterocycles. The van der Waals surface area contributed by atoms with Crippen molar-refractivity contribution in [2.24, 2.45) is 0 Å². The van der Waals surface area contributed by atoms with Crippen molar-refractivity contribution in [3.05, 3.63) is 63.7 Å². The highest BCUT2D eigenvalue weighted by Gasteiger charge is 2.05. The van der Waals surface area contributed by atoms with E-state index in [0.29, 0.717) is 10.8 Å². The fourth-order valence-electron chi connectivity index (χ4n) is 2.27. The number of hydrogen-bond acceptors (Lipinski definition) is 2. The average Bonchev–Trinajstić information content (AvgIpc) is 2.40. The number of nitrogens with one attached hydrogen (secondary N) is 1.